The molecule has 0 amide bonds. The molecule has 1 heterocycles. The molecule has 3 N–H and O–H groups in total. The van der Waals surface area contributed by atoms with Crippen LogP contribution in [0, 0.1) is 13.8 Å². The first-order chi connectivity index (χ1) is 8.61. The monoisotopic (exact) mass is 247 g/mol. The predicted molar refractivity (Wildman–Crippen MR) is 69.5 cm³/mol. The molecule has 0 atom stereocenters. The summed E-state index contributed by atoms with van der Waals surface area (Å²) in [5, 5.41) is 21.9. The third-order valence-corrected chi connectivity index (χ3v) is 2.96. The first-order valence-corrected chi connectivity index (χ1v) is 5.83. The molecule has 0 saturated heterocycles. The number of benzene rings is 1. The third kappa shape index (κ3) is 2.49. The number of nitrogens with one attached hydrogen (secondary N) is 1. The van der Waals surface area contributed by atoms with Crippen molar-refractivity contribution in [1.29, 1.82) is 0 Å². The van der Waals surface area contributed by atoms with Gasteiger partial charge in [-0.15, -0.1) is 0 Å². The summed E-state index contributed by atoms with van der Waals surface area (Å²) in [6, 6.07) is 7.37. The maximum absolute atomic E-state index is 9.83. The summed E-state index contributed by atoms with van der Waals surface area (Å²) in [6.07, 6.45) is 0. The number of hydrogen-bond acceptors (Lipinski definition) is 4. The van der Waals surface area contributed by atoms with Crippen molar-refractivity contribution in [3.63, 3.8) is 0 Å². The average molecular weight is 247 g/mol. The zero-order chi connectivity index (χ0) is 13.1. The van der Waals surface area contributed by atoms with Crippen molar-refractivity contribution in [1.82, 2.24) is 0 Å². The molecule has 18 heavy (non-hydrogen) atoms. The molecule has 0 bridgehead atoms. The van der Waals surface area contributed by atoms with Gasteiger partial charge in [0, 0.05) is 11.3 Å². The van der Waals surface area contributed by atoms with E-state index in [0.717, 1.165) is 22.6 Å². The molecule has 96 valence electrons. The molecule has 0 spiro atoms. The van der Waals surface area contributed by atoms with Crippen molar-refractivity contribution in [3.05, 3.63) is 46.9 Å². The summed E-state index contributed by atoms with van der Waals surface area (Å²) in [5.41, 5.74) is 2.56. The Bertz CT molecular complexity index is 546. The molecular formula is C14H17NO3. The quantitative estimate of drug-likeness (QED) is 0.777. The lowest BCUT2D eigenvalue weighted by Gasteiger charge is -2.11. The lowest BCUT2D eigenvalue weighted by molar-refractivity contribution is 0.244. The van der Waals surface area contributed by atoms with Gasteiger partial charge >= 0.3 is 0 Å². The highest BCUT2D eigenvalue weighted by molar-refractivity contribution is 5.59. The number of aromatic hydroxyl groups is 1. The van der Waals surface area contributed by atoms with Crippen LogP contribution in [-0.2, 0) is 13.2 Å². The molecule has 0 aliphatic carbocycles. The van der Waals surface area contributed by atoms with Crippen molar-refractivity contribution in [3.8, 4) is 5.75 Å². The van der Waals surface area contributed by atoms with E-state index in [4.69, 9.17) is 9.52 Å². The van der Waals surface area contributed by atoms with Crippen LogP contribution in [0.15, 0.2) is 28.7 Å². The Kier molecular flexibility index (Phi) is 3.58. The van der Waals surface area contributed by atoms with Gasteiger partial charge in [-0.1, -0.05) is 6.07 Å². The number of aliphatic hydroxyl groups is 1. The minimum absolute atomic E-state index is 0.0929. The molecule has 4 heteroatoms. The Labute approximate surface area is 106 Å². The van der Waals surface area contributed by atoms with Gasteiger partial charge in [-0.05, 0) is 37.6 Å². The summed E-state index contributed by atoms with van der Waals surface area (Å²) in [6.45, 7) is 4.16. The largest absolute Gasteiger partial charge is 0.507 e. The van der Waals surface area contributed by atoms with E-state index in [1.807, 2.05) is 32.0 Å². The number of rotatable bonds is 4. The van der Waals surface area contributed by atoms with Gasteiger partial charge in [0.25, 0.3) is 0 Å². The van der Waals surface area contributed by atoms with Crippen LogP contribution in [0.2, 0.25) is 0 Å². The minimum atomic E-state index is -0.0929. The summed E-state index contributed by atoms with van der Waals surface area (Å²) >= 11 is 0. The van der Waals surface area contributed by atoms with Crippen LogP contribution in [0.5, 0.6) is 5.75 Å². The molecule has 2 aromatic rings. The Balaban J connectivity index is 2.08. The van der Waals surface area contributed by atoms with E-state index < -0.39 is 0 Å². The van der Waals surface area contributed by atoms with Gasteiger partial charge < -0.3 is 19.9 Å². The van der Waals surface area contributed by atoms with Crippen molar-refractivity contribution >= 4 is 5.69 Å². The van der Waals surface area contributed by atoms with Gasteiger partial charge in [0.1, 0.15) is 23.9 Å². The summed E-state index contributed by atoms with van der Waals surface area (Å²) in [5.74, 6) is 1.62. The van der Waals surface area contributed by atoms with Gasteiger partial charge in [0.2, 0.25) is 0 Å². The Morgan fingerprint density at radius 2 is 1.83 bits per heavy atom. The molecule has 0 fully saturated rings. The van der Waals surface area contributed by atoms with Gasteiger partial charge in [-0.3, -0.25) is 0 Å². The molecule has 0 saturated carbocycles. The fourth-order valence-corrected chi connectivity index (χ4v) is 1.81. The smallest absolute Gasteiger partial charge is 0.129 e. The molecule has 0 aliphatic rings. The van der Waals surface area contributed by atoms with Crippen LogP contribution in [0.1, 0.15) is 22.6 Å². The first kappa shape index (κ1) is 12.5. The lowest BCUT2D eigenvalue weighted by Crippen LogP contribution is -2.00. The van der Waals surface area contributed by atoms with Crippen LogP contribution < -0.4 is 5.32 Å². The van der Waals surface area contributed by atoms with Gasteiger partial charge in [-0.25, -0.2) is 0 Å². The van der Waals surface area contributed by atoms with Crippen molar-refractivity contribution in [2.24, 2.45) is 0 Å². The molecule has 0 aliphatic heterocycles. The number of phenolic OH excluding ortho intramolecular Hbond substituents is 1. The SMILES string of the molecule is Cc1ccc(NCc2ccc(CO)o2)c(C)c1O. The number of aliphatic hydroxyl groups excluding tert-OH is 1. The summed E-state index contributed by atoms with van der Waals surface area (Å²) in [7, 11) is 0. The zero-order valence-corrected chi connectivity index (χ0v) is 10.5. The normalized spacial score (nSPS) is 10.6. The number of furan rings is 1. The predicted octanol–water partition coefficient (Wildman–Crippen LogP) is 2.71. The Morgan fingerprint density at radius 1 is 1.11 bits per heavy atom. The minimum Gasteiger partial charge on any atom is -0.507 e. The highest BCUT2D eigenvalue weighted by Gasteiger charge is 2.07. The fraction of sp³-hybridized carbons (Fsp3) is 0.286. The Hall–Kier alpha value is -1.94. The van der Waals surface area contributed by atoms with Crippen molar-refractivity contribution in [2.75, 3.05) is 5.32 Å². The molecule has 0 unspecified atom stereocenters. The molecule has 2 rings (SSSR count). The third-order valence-electron chi connectivity index (χ3n) is 2.96. The van der Waals surface area contributed by atoms with Gasteiger partial charge in [-0.2, -0.15) is 0 Å². The van der Waals surface area contributed by atoms with E-state index in [-0.39, 0.29) is 6.61 Å². The maximum Gasteiger partial charge on any atom is 0.129 e. The second-order valence-corrected chi connectivity index (χ2v) is 4.28. The summed E-state index contributed by atoms with van der Waals surface area (Å²) in [4.78, 5) is 0. The topological polar surface area (TPSA) is 65.6 Å². The molecular weight excluding hydrogens is 230 g/mol. The molecule has 1 aromatic carbocycles. The number of phenols is 1. The van der Waals surface area contributed by atoms with Crippen molar-refractivity contribution in [2.45, 2.75) is 27.0 Å². The van der Waals surface area contributed by atoms with E-state index in [1.165, 1.54) is 0 Å². The van der Waals surface area contributed by atoms with E-state index >= 15 is 0 Å². The standard InChI is InChI=1S/C14H17NO3/c1-9-3-6-13(10(2)14(9)17)15-7-11-4-5-12(8-16)18-11/h3-6,15-17H,7-8H2,1-2H3. The average Bonchev–Trinajstić information content (AvgIpc) is 2.83. The van der Waals surface area contributed by atoms with E-state index in [2.05, 4.69) is 5.32 Å². The van der Waals surface area contributed by atoms with Crippen LogP contribution >= 0.6 is 0 Å². The van der Waals surface area contributed by atoms with E-state index in [9.17, 15) is 5.11 Å². The van der Waals surface area contributed by atoms with Crippen LogP contribution in [-0.4, -0.2) is 10.2 Å². The highest BCUT2D eigenvalue weighted by atomic mass is 16.4. The second kappa shape index (κ2) is 5.14. The van der Waals surface area contributed by atoms with Crippen LogP contribution in [0.4, 0.5) is 5.69 Å². The van der Waals surface area contributed by atoms with E-state index in [1.54, 1.807) is 6.07 Å². The lowest BCUT2D eigenvalue weighted by atomic mass is 10.1. The first-order valence-electron chi connectivity index (χ1n) is 5.83. The van der Waals surface area contributed by atoms with Crippen LogP contribution in [0.3, 0.4) is 0 Å². The number of anilines is 1. The fourth-order valence-electron chi connectivity index (χ4n) is 1.81. The van der Waals surface area contributed by atoms with Gasteiger partial charge in [0.15, 0.2) is 0 Å². The van der Waals surface area contributed by atoms with E-state index in [0.29, 0.717) is 18.1 Å². The number of aryl methyl sites for hydroxylation is 1. The molecule has 0 radical (unpaired) electrons. The van der Waals surface area contributed by atoms with Crippen LogP contribution in [0.25, 0.3) is 0 Å². The molecule has 1 aromatic heterocycles. The highest BCUT2D eigenvalue weighted by Crippen LogP contribution is 2.28. The summed E-state index contributed by atoms with van der Waals surface area (Å²) < 4.78 is 5.37. The maximum atomic E-state index is 9.83. The number of hydrogen-bond donors (Lipinski definition) is 3. The molecule has 4 nitrogen and oxygen atoms in total. The van der Waals surface area contributed by atoms with Crippen molar-refractivity contribution < 1.29 is 14.6 Å². The Morgan fingerprint density at radius 3 is 2.50 bits per heavy atom. The second-order valence-electron chi connectivity index (χ2n) is 4.28. The zero-order valence-electron chi connectivity index (χ0n) is 10.5. The van der Waals surface area contributed by atoms with Gasteiger partial charge in [0.05, 0.1) is 6.54 Å².